The van der Waals surface area contributed by atoms with Gasteiger partial charge < -0.3 is 15.4 Å². The van der Waals surface area contributed by atoms with Crippen molar-refractivity contribution < 1.29 is 9.53 Å². The highest BCUT2D eigenvalue weighted by Crippen LogP contribution is 2.08. The Balaban J connectivity index is 1.84. The Morgan fingerprint density at radius 2 is 2.00 bits per heavy atom. The molecule has 0 spiro atoms. The number of aromatic nitrogens is 1. The van der Waals surface area contributed by atoms with Gasteiger partial charge in [-0.1, -0.05) is 18.2 Å². The SMILES string of the molecule is CN(CCOc1ccccc1)C(=O)c1ccc(N)cn1. The number of anilines is 1. The topological polar surface area (TPSA) is 68.5 Å². The summed E-state index contributed by atoms with van der Waals surface area (Å²) in [7, 11) is 1.72. The molecule has 20 heavy (non-hydrogen) atoms. The van der Waals surface area contributed by atoms with Crippen molar-refractivity contribution in [2.24, 2.45) is 0 Å². The van der Waals surface area contributed by atoms with Crippen molar-refractivity contribution in [3.05, 3.63) is 54.4 Å². The van der Waals surface area contributed by atoms with Crippen LogP contribution in [0.5, 0.6) is 5.75 Å². The second-order valence-corrected chi connectivity index (χ2v) is 4.36. The van der Waals surface area contributed by atoms with Crippen LogP contribution in [0.15, 0.2) is 48.7 Å². The molecular weight excluding hydrogens is 254 g/mol. The van der Waals surface area contributed by atoms with Crippen LogP contribution >= 0.6 is 0 Å². The quantitative estimate of drug-likeness (QED) is 0.900. The molecule has 0 unspecified atom stereocenters. The van der Waals surface area contributed by atoms with Gasteiger partial charge in [0.15, 0.2) is 0 Å². The molecule has 2 aromatic rings. The van der Waals surface area contributed by atoms with Crippen LogP contribution in [0.3, 0.4) is 0 Å². The van der Waals surface area contributed by atoms with Crippen LogP contribution in [0.4, 0.5) is 5.69 Å². The zero-order valence-corrected chi connectivity index (χ0v) is 11.3. The van der Waals surface area contributed by atoms with Crippen LogP contribution in [0.25, 0.3) is 0 Å². The number of nitrogens with zero attached hydrogens (tertiary/aromatic N) is 2. The highest BCUT2D eigenvalue weighted by atomic mass is 16.5. The van der Waals surface area contributed by atoms with Crippen LogP contribution in [-0.4, -0.2) is 36.0 Å². The number of pyridine rings is 1. The highest BCUT2D eigenvalue weighted by Gasteiger charge is 2.12. The number of rotatable bonds is 5. The van der Waals surface area contributed by atoms with E-state index >= 15 is 0 Å². The summed E-state index contributed by atoms with van der Waals surface area (Å²) in [5.74, 6) is 0.639. The van der Waals surface area contributed by atoms with Gasteiger partial charge in [0.1, 0.15) is 18.1 Å². The minimum atomic E-state index is -0.151. The number of benzene rings is 1. The maximum Gasteiger partial charge on any atom is 0.272 e. The zero-order valence-electron chi connectivity index (χ0n) is 11.3. The van der Waals surface area contributed by atoms with Gasteiger partial charge in [0.05, 0.1) is 18.4 Å². The second-order valence-electron chi connectivity index (χ2n) is 4.36. The van der Waals surface area contributed by atoms with Crippen molar-refractivity contribution in [1.29, 1.82) is 0 Å². The number of nitrogens with two attached hydrogens (primary N) is 1. The minimum Gasteiger partial charge on any atom is -0.492 e. The third-order valence-electron chi connectivity index (χ3n) is 2.79. The molecule has 0 atom stereocenters. The van der Waals surface area contributed by atoms with E-state index in [1.807, 2.05) is 30.3 Å². The van der Waals surface area contributed by atoms with E-state index in [4.69, 9.17) is 10.5 Å². The average Bonchev–Trinajstić information content (AvgIpc) is 2.48. The molecule has 5 nitrogen and oxygen atoms in total. The second kappa shape index (κ2) is 6.56. The summed E-state index contributed by atoms with van der Waals surface area (Å²) in [6.45, 7) is 0.918. The monoisotopic (exact) mass is 271 g/mol. The third-order valence-corrected chi connectivity index (χ3v) is 2.79. The van der Waals surface area contributed by atoms with Crippen molar-refractivity contribution in [3.63, 3.8) is 0 Å². The van der Waals surface area contributed by atoms with E-state index in [1.54, 1.807) is 24.1 Å². The van der Waals surface area contributed by atoms with E-state index in [0.717, 1.165) is 5.75 Å². The van der Waals surface area contributed by atoms with Crippen LogP contribution < -0.4 is 10.5 Å². The fourth-order valence-corrected chi connectivity index (χ4v) is 1.65. The molecule has 104 valence electrons. The molecule has 2 rings (SSSR count). The first kappa shape index (κ1) is 13.9. The van der Waals surface area contributed by atoms with Crippen LogP contribution in [0.1, 0.15) is 10.5 Å². The van der Waals surface area contributed by atoms with Crippen molar-refractivity contribution >= 4 is 11.6 Å². The Kier molecular flexibility index (Phi) is 4.55. The number of ether oxygens (including phenoxy) is 1. The van der Waals surface area contributed by atoms with Crippen molar-refractivity contribution in [3.8, 4) is 5.75 Å². The fraction of sp³-hybridized carbons (Fsp3) is 0.200. The maximum atomic E-state index is 12.1. The lowest BCUT2D eigenvalue weighted by Gasteiger charge is -2.17. The summed E-state index contributed by atoms with van der Waals surface area (Å²) >= 11 is 0. The molecule has 0 aliphatic carbocycles. The van der Waals surface area contributed by atoms with Gasteiger partial charge >= 0.3 is 0 Å². The van der Waals surface area contributed by atoms with Gasteiger partial charge in [0.2, 0.25) is 0 Å². The van der Waals surface area contributed by atoms with Gasteiger partial charge in [-0.25, -0.2) is 4.98 Å². The molecule has 1 amide bonds. The molecule has 0 bridgehead atoms. The Labute approximate surface area is 118 Å². The summed E-state index contributed by atoms with van der Waals surface area (Å²) in [5, 5.41) is 0. The lowest BCUT2D eigenvalue weighted by molar-refractivity contribution is 0.0768. The smallest absolute Gasteiger partial charge is 0.272 e. The van der Waals surface area contributed by atoms with Crippen molar-refractivity contribution in [2.45, 2.75) is 0 Å². The number of para-hydroxylation sites is 1. The number of carbonyl (C=O) groups excluding carboxylic acids is 1. The molecule has 0 saturated heterocycles. The van der Waals surface area contributed by atoms with E-state index in [-0.39, 0.29) is 5.91 Å². The molecule has 0 aliphatic heterocycles. The van der Waals surface area contributed by atoms with Gasteiger partial charge in [0, 0.05) is 7.05 Å². The molecule has 0 saturated carbocycles. The van der Waals surface area contributed by atoms with E-state index in [0.29, 0.717) is 24.5 Å². The standard InChI is InChI=1S/C15H17N3O2/c1-18(9-10-20-13-5-3-2-4-6-13)15(19)14-8-7-12(16)11-17-14/h2-8,11H,9-10,16H2,1H3. The Morgan fingerprint density at radius 3 is 2.65 bits per heavy atom. The lowest BCUT2D eigenvalue weighted by Crippen LogP contribution is -2.31. The summed E-state index contributed by atoms with van der Waals surface area (Å²) in [6, 6.07) is 12.8. The number of likely N-dealkylation sites (N-methyl/N-ethyl adjacent to an activating group) is 1. The molecule has 1 aromatic heterocycles. The van der Waals surface area contributed by atoms with Gasteiger partial charge in [-0.3, -0.25) is 4.79 Å². The Hall–Kier alpha value is -2.56. The zero-order chi connectivity index (χ0) is 14.4. The largest absolute Gasteiger partial charge is 0.492 e. The summed E-state index contributed by atoms with van der Waals surface area (Å²) in [5.41, 5.74) is 6.45. The summed E-state index contributed by atoms with van der Waals surface area (Å²) in [4.78, 5) is 17.6. The molecular formula is C15H17N3O2. The first-order chi connectivity index (χ1) is 9.66. The van der Waals surface area contributed by atoms with Crippen LogP contribution in [0.2, 0.25) is 0 Å². The normalized spacial score (nSPS) is 10.1. The molecule has 5 heteroatoms. The Bertz CT molecular complexity index is 555. The lowest BCUT2D eigenvalue weighted by atomic mass is 10.3. The summed E-state index contributed by atoms with van der Waals surface area (Å²) in [6.07, 6.45) is 1.47. The van der Waals surface area contributed by atoms with E-state index in [1.165, 1.54) is 6.20 Å². The van der Waals surface area contributed by atoms with E-state index < -0.39 is 0 Å². The molecule has 2 N–H and O–H groups in total. The summed E-state index contributed by atoms with van der Waals surface area (Å²) < 4.78 is 5.55. The number of carbonyl (C=O) groups is 1. The molecule has 0 aliphatic rings. The predicted octanol–water partition coefficient (Wildman–Crippen LogP) is 1.81. The average molecular weight is 271 g/mol. The molecule has 0 fully saturated rings. The fourth-order valence-electron chi connectivity index (χ4n) is 1.65. The molecule has 1 aromatic carbocycles. The van der Waals surface area contributed by atoms with Crippen molar-refractivity contribution in [2.75, 3.05) is 25.9 Å². The first-order valence-electron chi connectivity index (χ1n) is 6.31. The van der Waals surface area contributed by atoms with Gasteiger partial charge in [-0.15, -0.1) is 0 Å². The van der Waals surface area contributed by atoms with Crippen molar-refractivity contribution in [1.82, 2.24) is 9.88 Å². The van der Waals surface area contributed by atoms with Gasteiger partial charge in [-0.05, 0) is 24.3 Å². The number of hydrogen-bond acceptors (Lipinski definition) is 4. The van der Waals surface area contributed by atoms with E-state index in [2.05, 4.69) is 4.98 Å². The maximum absolute atomic E-state index is 12.1. The highest BCUT2D eigenvalue weighted by molar-refractivity contribution is 5.92. The number of nitrogen functional groups attached to an aromatic ring is 1. The van der Waals surface area contributed by atoms with Crippen LogP contribution in [0, 0.1) is 0 Å². The molecule has 0 radical (unpaired) electrons. The molecule has 1 heterocycles. The Morgan fingerprint density at radius 1 is 1.25 bits per heavy atom. The van der Waals surface area contributed by atoms with Gasteiger partial charge in [0.25, 0.3) is 5.91 Å². The third kappa shape index (κ3) is 3.71. The first-order valence-corrected chi connectivity index (χ1v) is 6.31. The van der Waals surface area contributed by atoms with Crippen LogP contribution in [-0.2, 0) is 0 Å². The number of hydrogen-bond donors (Lipinski definition) is 1. The van der Waals surface area contributed by atoms with E-state index in [9.17, 15) is 4.79 Å². The minimum absolute atomic E-state index is 0.151. The van der Waals surface area contributed by atoms with Gasteiger partial charge in [-0.2, -0.15) is 0 Å². The predicted molar refractivity (Wildman–Crippen MR) is 77.5 cm³/mol. The number of amides is 1.